The van der Waals surface area contributed by atoms with E-state index in [9.17, 15) is 4.79 Å². The van der Waals surface area contributed by atoms with E-state index in [2.05, 4.69) is 21.4 Å². The Balaban J connectivity index is 2.51. The average molecular weight is 301 g/mol. The molecule has 0 aliphatic rings. The Morgan fingerprint density at radius 3 is 2.65 bits per heavy atom. The predicted octanol–water partition coefficient (Wildman–Crippen LogP) is 2.12. The number of hydrogen-bond acceptors (Lipinski definition) is 3. The standard InChI is InChI=1S/C12H17BrN2O2/c1-2-3-11(12(16)15-14)17-8-9-4-6-10(13)7-5-9/h4-7,11H,2-3,8,14H2,1H3,(H,15,16). The number of ether oxygens (including phenoxy) is 1. The lowest BCUT2D eigenvalue weighted by molar-refractivity contribution is -0.134. The van der Waals surface area contributed by atoms with Crippen LogP contribution in [0.5, 0.6) is 0 Å². The number of nitrogens with two attached hydrogens (primary N) is 1. The Morgan fingerprint density at radius 2 is 2.12 bits per heavy atom. The molecule has 0 aliphatic carbocycles. The molecule has 0 fully saturated rings. The van der Waals surface area contributed by atoms with E-state index in [1.165, 1.54) is 0 Å². The molecule has 1 unspecified atom stereocenters. The van der Waals surface area contributed by atoms with Crippen LogP contribution in [0.25, 0.3) is 0 Å². The molecular weight excluding hydrogens is 284 g/mol. The van der Waals surface area contributed by atoms with E-state index in [1.54, 1.807) is 0 Å². The summed E-state index contributed by atoms with van der Waals surface area (Å²) in [5.41, 5.74) is 3.15. The third-order valence-electron chi connectivity index (χ3n) is 2.35. The Bertz CT molecular complexity index is 354. The minimum atomic E-state index is -0.478. The van der Waals surface area contributed by atoms with Crippen molar-refractivity contribution in [1.82, 2.24) is 5.43 Å². The summed E-state index contributed by atoms with van der Waals surface area (Å²) in [5, 5.41) is 0. The first kappa shape index (κ1) is 14.2. The Kier molecular flexibility index (Phi) is 6.18. The van der Waals surface area contributed by atoms with Crippen molar-refractivity contribution in [3.8, 4) is 0 Å². The zero-order chi connectivity index (χ0) is 12.7. The van der Waals surface area contributed by atoms with Crippen LogP contribution in [0.1, 0.15) is 25.3 Å². The Morgan fingerprint density at radius 1 is 1.47 bits per heavy atom. The molecule has 1 aromatic rings. The molecule has 94 valence electrons. The number of rotatable bonds is 6. The second-order valence-electron chi connectivity index (χ2n) is 3.72. The summed E-state index contributed by atoms with van der Waals surface area (Å²) in [6.07, 6.45) is 1.06. The van der Waals surface area contributed by atoms with E-state index in [0.29, 0.717) is 13.0 Å². The summed E-state index contributed by atoms with van der Waals surface area (Å²) in [4.78, 5) is 11.4. The molecule has 0 aliphatic heterocycles. The largest absolute Gasteiger partial charge is 0.364 e. The molecule has 1 amide bonds. The predicted molar refractivity (Wildman–Crippen MR) is 70.0 cm³/mol. The van der Waals surface area contributed by atoms with E-state index < -0.39 is 6.10 Å². The number of hydrazine groups is 1. The fraction of sp³-hybridized carbons (Fsp3) is 0.417. The van der Waals surface area contributed by atoms with Gasteiger partial charge in [0, 0.05) is 4.47 Å². The summed E-state index contributed by atoms with van der Waals surface area (Å²) >= 11 is 3.36. The fourth-order valence-corrected chi connectivity index (χ4v) is 1.69. The lowest BCUT2D eigenvalue weighted by Crippen LogP contribution is -2.40. The topological polar surface area (TPSA) is 64.3 Å². The fourth-order valence-electron chi connectivity index (χ4n) is 1.42. The van der Waals surface area contributed by atoms with E-state index >= 15 is 0 Å². The molecule has 0 radical (unpaired) electrons. The molecule has 1 rings (SSSR count). The molecule has 5 heteroatoms. The van der Waals surface area contributed by atoms with E-state index in [-0.39, 0.29) is 5.91 Å². The molecule has 1 atom stereocenters. The van der Waals surface area contributed by atoms with Crippen molar-refractivity contribution in [3.05, 3.63) is 34.3 Å². The summed E-state index contributed by atoms with van der Waals surface area (Å²) in [6, 6.07) is 7.79. The van der Waals surface area contributed by atoms with Crippen LogP contribution in [0, 0.1) is 0 Å². The van der Waals surface area contributed by atoms with Crippen molar-refractivity contribution in [3.63, 3.8) is 0 Å². The quantitative estimate of drug-likeness (QED) is 0.480. The van der Waals surface area contributed by atoms with Gasteiger partial charge in [0.25, 0.3) is 5.91 Å². The lowest BCUT2D eigenvalue weighted by Gasteiger charge is -2.15. The highest BCUT2D eigenvalue weighted by Gasteiger charge is 2.16. The van der Waals surface area contributed by atoms with Crippen LogP contribution in [-0.2, 0) is 16.1 Å². The number of benzene rings is 1. The van der Waals surface area contributed by atoms with Gasteiger partial charge in [0.05, 0.1) is 6.61 Å². The molecule has 0 spiro atoms. The average Bonchev–Trinajstić information content (AvgIpc) is 2.35. The maximum absolute atomic E-state index is 11.4. The molecule has 17 heavy (non-hydrogen) atoms. The van der Waals surface area contributed by atoms with Gasteiger partial charge in [0.15, 0.2) is 0 Å². The maximum Gasteiger partial charge on any atom is 0.263 e. The van der Waals surface area contributed by atoms with E-state index in [1.807, 2.05) is 31.2 Å². The van der Waals surface area contributed by atoms with Crippen molar-refractivity contribution in [2.45, 2.75) is 32.5 Å². The van der Waals surface area contributed by atoms with Crippen molar-refractivity contribution in [2.75, 3.05) is 0 Å². The summed E-state index contributed by atoms with van der Waals surface area (Å²) in [6.45, 7) is 2.41. The van der Waals surface area contributed by atoms with Crippen LogP contribution in [0.3, 0.4) is 0 Å². The number of carbonyl (C=O) groups excluding carboxylic acids is 1. The highest BCUT2D eigenvalue weighted by molar-refractivity contribution is 9.10. The number of halogens is 1. The van der Waals surface area contributed by atoms with Crippen LogP contribution >= 0.6 is 15.9 Å². The monoisotopic (exact) mass is 300 g/mol. The van der Waals surface area contributed by atoms with Gasteiger partial charge in [0.2, 0.25) is 0 Å². The molecule has 0 bridgehead atoms. The van der Waals surface area contributed by atoms with Gasteiger partial charge in [-0.15, -0.1) is 0 Å². The third kappa shape index (κ3) is 4.85. The highest BCUT2D eigenvalue weighted by Crippen LogP contribution is 2.13. The van der Waals surface area contributed by atoms with Gasteiger partial charge in [-0.25, -0.2) is 5.84 Å². The molecule has 0 saturated carbocycles. The molecule has 1 aromatic carbocycles. The minimum absolute atomic E-state index is 0.274. The first-order valence-corrected chi connectivity index (χ1v) is 6.33. The third-order valence-corrected chi connectivity index (χ3v) is 2.88. The number of amides is 1. The van der Waals surface area contributed by atoms with E-state index in [4.69, 9.17) is 10.6 Å². The molecular formula is C12H17BrN2O2. The highest BCUT2D eigenvalue weighted by atomic mass is 79.9. The van der Waals surface area contributed by atoms with Crippen molar-refractivity contribution >= 4 is 21.8 Å². The second kappa shape index (κ2) is 7.42. The Hall–Kier alpha value is -0.910. The van der Waals surface area contributed by atoms with Crippen molar-refractivity contribution in [2.24, 2.45) is 5.84 Å². The first-order chi connectivity index (χ1) is 8.17. The van der Waals surface area contributed by atoms with Crippen LogP contribution in [0.2, 0.25) is 0 Å². The molecule has 0 aromatic heterocycles. The number of hydrogen-bond donors (Lipinski definition) is 2. The maximum atomic E-state index is 11.4. The SMILES string of the molecule is CCCC(OCc1ccc(Br)cc1)C(=O)NN. The van der Waals surface area contributed by atoms with Crippen LogP contribution in [-0.4, -0.2) is 12.0 Å². The van der Waals surface area contributed by atoms with Gasteiger partial charge in [-0.1, -0.05) is 41.4 Å². The normalized spacial score (nSPS) is 12.2. The van der Waals surface area contributed by atoms with Gasteiger partial charge < -0.3 is 4.74 Å². The summed E-state index contributed by atoms with van der Waals surface area (Å²) in [5.74, 6) is 4.83. The van der Waals surface area contributed by atoms with E-state index in [0.717, 1.165) is 16.5 Å². The van der Waals surface area contributed by atoms with Gasteiger partial charge in [-0.3, -0.25) is 10.2 Å². The smallest absolute Gasteiger partial charge is 0.263 e. The Labute approximate surface area is 110 Å². The van der Waals surface area contributed by atoms with Gasteiger partial charge >= 0.3 is 0 Å². The van der Waals surface area contributed by atoms with Crippen molar-refractivity contribution < 1.29 is 9.53 Å². The number of carbonyl (C=O) groups is 1. The zero-order valence-corrected chi connectivity index (χ0v) is 11.4. The molecule has 0 saturated heterocycles. The second-order valence-corrected chi connectivity index (χ2v) is 4.64. The zero-order valence-electron chi connectivity index (χ0n) is 9.78. The van der Waals surface area contributed by atoms with Crippen LogP contribution < -0.4 is 11.3 Å². The van der Waals surface area contributed by atoms with Gasteiger partial charge in [0.1, 0.15) is 6.10 Å². The summed E-state index contributed by atoms with van der Waals surface area (Å²) < 4.78 is 6.57. The van der Waals surface area contributed by atoms with Gasteiger partial charge in [-0.05, 0) is 24.1 Å². The molecule has 4 nitrogen and oxygen atoms in total. The number of nitrogens with one attached hydrogen (secondary N) is 1. The summed E-state index contributed by atoms with van der Waals surface area (Å²) in [7, 11) is 0. The van der Waals surface area contributed by atoms with Crippen LogP contribution in [0.4, 0.5) is 0 Å². The first-order valence-electron chi connectivity index (χ1n) is 5.54. The minimum Gasteiger partial charge on any atom is -0.364 e. The van der Waals surface area contributed by atoms with Crippen LogP contribution in [0.15, 0.2) is 28.7 Å². The lowest BCUT2D eigenvalue weighted by atomic mass is 10.2. The van der Waals surface area contributed by atoms with Gasteiger partial charge in [-0.2, -0.15) is 0 Å². The van der Waals surface area contributed by atoms with Crippen molar-refractivity contribution in [1.29, 1.82) is 0 Å². The molecule has 0 heterocycles. The molecule has 3 N–H and O–H groups in total.